The van der Waals surface area contributed by atoms with Crippen LogP contribution in [0.4, 0.5) is 4.39 Å². The van der Waals surface area contributed by atoms with Gasteiger partial charge in [-0.05, 0) is 24.6 Å². The molecule has 4 nitrogen and oxygen atoms in total. The maximum Gasteiger partial charge on any atom is 0.254 e. The number of morpholine rings is 1. The molecular formula is C13H17FN2O2. The summed E-state index contributed by atoms with van der Waals surface area (Å²) in [6.45, 7) is 3.58. The summed E-state index contributed by atoms with van der Waals surface area (Å²) in [5.74, 6) is -0.577. The Morgan fingerprint density at radius 1 is 1.61 bits per heavy atom. The highest BCUT2D eigenvalue weighted by Gasteiger charge is 2.27. The van der Waals surface area contributed by atoms with Crippen LogP contribution in [-0.2, 0) is 4.74 Å². The van der Waals surface area contributed by atoms with E-state index in [0.717, 1.165) is 5.56 Å². The first-order valence-corrected chi connectivity index (χ1v) is 5.98. The third kappa shape index (κ3) is 2.52. The number of nitrogens with zero attached hydrogens (tertiary/aromatic N) is 1. The molecule has 2 rings (SSSR count). The molecule has 1 unspecified atom stereocenters. The monoisotopic (exact) mass is 252 g/mol. The van der Waals surface area contributed by atoms with Crippen LogP contribution in [0.2, 0.25) is 0 Å². The molecule has 1 saturated heterocycles. The molecule has 1 amide bonds. The second-order valence-corrected chi connectivity index (χ2v) is 4.42. The molecule has 1 aromatic rings. The van der Waals surface area contributed by atoms with E-state index in [9.17, 15) is 9.18 Å². The van der Waals surface area contributed by atoms with E-state index < -0.39 is 5.82 Å². The molecule has 0 bridgehead atoms. The van der Waals surface area contributed by atoms with Crippen LogP contribution in [0.5, 0.6) is 0 Å². The molecule has 1 atom stereocenters. The summed E-state index contributed by atoms with van der Waals surface area (Å²) in [6, 6.07) is 4.11. The summed E-state index contributed by atoms with van der Waals surface area (Å²) >= 11 is 0. The molecule has 1 aromatic carbocycles. The van der Waals surface area contributed by atoms with Crippen molar-refractivity contribution in [2.24, 2.45) is 5.73 Å². The number of hydrogen-bond acceptors (Lipinski definition) is 3. The SMILES string of the molecule is Cc1ccc(F)cc1C(=O)N1CCOCC1CN. The summed E-state index contributed by atoms with van der Waals surface area (Å²) in [5.41, 5.74) is 6.80. The smallest absolute Gasteiger partial charge is 0.254 e. The molecule has 18 heavy (non-hydrogen) atoms. The Hall–Kier alpha value is -1.46. The zero-order valence-electron chi connectivity index (χ0n) is 10.4. The third-order valence-corrected chi connectivity index (χ3v) is 3.19. The number of aryl methyl sites for hydroxylation is 1. The minimum Gasteiger partial charge on any atom is -0.377 e. The molecular weight excluding hydrogens is 235 g/mol. The van der Waals surface area contributed by atoms with Crippen LogP contribution in [-0.4, -0.2) is 43.2 Å². The van der Waals surface area contributed by atoms with Crippen LogP contribution in [0, 0.1) is 12.7 Å². The van der Waals surface area contributed by atoms with Gasteiger partial charge in [-0.15, -0.1) is 0 Å². The van der Waals surface area contributed by atoms with Gasteiger partial charge in [0.2, 0.25) is 0 Å². The average Bonchev–Trinajstić information content (AvgIpc) is 2.40. The first-order valence-electron chi connectivity index (χ1n) is 5.98. The van der Waals surface area contributed by atoms with Gasteiger partial charge in [-0.3, -0.25) is 4.79 Å². The van der Waals surface area contributed by atoms with Crippen LogP contribution < -0.4 is 5.73 Å². The van der Waals surface area contributed by atoms with Crippen molar-refractivity contribution in [1.29, 1.82) is 0 Å². The highest BCUT2D eigenvalue weighted by molar-refractivity contribution is 5.96. The normalized spacial score (nSPS) is 19.9. The lowest BCUT2D eigenvalue weighted by Crippen LogP contribution is -2.52. The fourth-order valence-electron chi connectivity index (χ4n) is 2.10. The van der Waals surface area contributed by atoms with E-state index in [-0.39, 0.29) is 11.9 Å². The predicted octanol–water partition coefficient (Wildman–Crippen LogP) is 0.934. The Morgan fingerprint density at radius 3 is 3.11 bits per heavy atom. The second kappa shape index (κ2) is 5.46. The number of benzene rings is 1. The number of amides is 1. The molecule has 1 aliphatic heterocycles. The first-order chi connectivity index (χ1) is 8.63. The number of rotatable bonds is 2. The number of hydrogen-bond donors (Lipinski definition) is 1. The third-order valence-electron chi connectivity index (χ3n) is 3.19. The molecule has 98 valence electrons. The Kier molecular flexibility index (Phi) is 3.93. The molecule has 0 saturated carbocycles. The summed E-state index contributed by atoms with van der Waals surface area (Å²) in [7, 11) is 0. The zero-order chi connectivity index (χ0) is 13.1. The zero-order valence-corrected chi connectivity index (χ0v) is 10.4. The summed E-state index contributed by atoms with van der Waals surface area (Å²) in [5, 5.41) is 0. The lowest BCUT2D eigenvalue weighted by Gasteiger charge is -2.35. The van der Waals surface area contributed by atoms with Gasteiger partial charge in [0, 0.05) is 18.7 Å². The molecule has 0 aliphatic carbocycles. The molecule has 0 spiro atoms. The van der Waals surface area contributed by atoms with E-state index >= 15 is 0 Å². The van der Waals surface area contributed by atoms with Gasteiger partial charge in [0.05, 0.1) is 19.3 Å². The maximum atomic E-state index is 13.2. The number of carbonyl (C=O) groups is 1. The molecule has 2 N–H and O–H groups in total. The van der Waals surface area contributed by atoms with Gasteiger partial charge >= 0.3 is 0 Å². The molecule has 0 aromatic heterocycles. The Labute approximate surface area is 106 Å². The first kappa shape index (κ1) is 13.0. The molecule has 0 radical (unpaired) electrons. The van der Waals surface area contributed by atoms with Gasteiger partial charge in [-0.25, -0.2) is 4.39 Å². The van der Waals surface area contributed by atoms with Crippen molar-refractivity contribution < 1.29 is 13.9 Å². The number of halogens is 1. The highest BCUT2D eigenvalue weighted by Crippen LogP contribution is 2.16. The number of nitrogens with two attached hydrogens (primary N) is 1. The summed E-state index contributed by atoms with van der Waals surface area (Å²) < 4.78 is 18.5. The van der Waals surface area contributed by atoms with Crippen LogP contribution in [0.1, 0.15) is 15.9 Å². The summed E-state index contributed by atoms with van der Waals surface area (Å²) in [4.78, 5) is 14.1. The van der Waals surface area contributed by atoms with Crippen molar-refractivity contribution >= 4 is 5.91 Å². The fraction of sp³-hybridized carbons (Fsp3) is 0.462. The molecule has 5 heteroatoms. The fourth-order valence-corrected chi connectivity index (χ4v) is 2.10. The van der Waals surface area contributed by atoms with E-state index in [2.05, 4.69) is 0 Å². The van der Waals surface area contributed by atoms with E-state index in [1.165, 1.54) is 12.1 Å². The minimum absolute atomic E-state index is 0.131. The molecule has 1 aliphatic rings. The second-order valence-electron chi connectivity index (χ2n) is 4.42. The number of carbonyl (C=O) groups excluding carboxylic acids is 1. The van der Waals surface area contributed by atoms with Crippen LogP contribution >= 0.6 is 0 Å². The van der Waals surface area contributed by atoms with Gasteiger partial charge in [-0.2, -0.15) is 0 Å². The van der Waals surface area contributed by atoms with Crippen molar-refractivity contribution in [3.8, 4) is 0 Å². The molecule has 1 heterocycles. The van der Waals surface area contributed by atoms with Crippen molar-refractivity contribution in [3.63, 3.8) is 0 Å². The lowest BCUT2D eigenvalue weighted by molar-refractivity contribution is 0.000777. The highest BCUT2D eigenvalue weighted by atomic mass is 19.1. The van der Waals surface area contributed by atoms with E-state index in [1.807, 2.05) is 0 Å². The largest absolute Gasteiger partial charge is 0.377 e. The van der Waals surface area contributed by atoms with Crippen LogP contribution in [0.3, 0.4) is 0 Å². The lowest BCUT2D eigenvalue weighted by atomic mass is 10.1. The van der Waals surface area contributed by atoms with Crippen molar-refractivity contribution in [1.82, 2.24) is 4.90 Å². The quantitative estimate of drug-likeness (QED) is 0.852. The van der Waals surface area contributed by atoms with Crippen molar-refractivity contribution in [2.45, 2.75) is 13.0 Å². The van der Waals surface area contributed by atoms with Gasteiger partial charge in [-0.1, -0.05) is 6.07 Å². The van der Waals surface area contributed by atoms with Crippen LogP contribution in [0.15, 0.2) is 18.2 Å². The van der Waals surface area contributed by atoms with Gasteiger partial charge in [0.1, 0.15) is 5.82 Å². The van der Waals surface area contributed by atoms with Gasteiger partial charge < -0.3 is 15.4 Å². The van der Waals surface area contributed by atoms with E-state index in [4.69, 9.17) is 10.5 Å². The van der Waals surface area contributed by atoms with Crippen molar-refractivity contribution in [3.05, 3.63) is 35.1 Å². The van der Waals surface area contributed by atoms with Gasteiger partial charge in [0.25, 0.3) is 5.91 Å². The Bertz CT molecular complexity index is 451. The Balaban J connectivity index is 2.26. The average molecular weight is 252 g/mol. The topological polar surface area (TPSA) is 55.6 Å². The number of ether oxygens (including phenoxy) is 1. The molecule has 1 fully saturated rings. The standard InChI is InChI=1S/C13H17FN2O2/c1-9-2-3-10(14)6-12(9)13(17)16-4-5-18-8-11(16)7-15/h2-3,6,11H,4-5,7-8,15H2,1H3. The predicted molar refractivity (Wildman–Crippen MR) is 65.8 cm³/mol. The maximum absolute atomic E-state index is 13.2. The van der Waals surface area contributed by atoms with E-state index in [1.54, 1.807) is 17.9 Å². The van der Waals surface area contributed by atoms with Crippen LogP contribution in [0.25, 0.3) is 0 Å². The van der Waals surface area contributed by atoms with Gasteiger partial charge in [0.15, 0.2) is 0 Å². The Morgan fingerprint density at radius 2 is 2.39 bits per heavy atom. The van der Waals surface area contributed by atoms with E-state index in [0.29, 0.717) is 31.9 Å². The summed E-state index contributed by atoms with van der Waals surface area (Å²) in [6.07, 6.45) is 0. The minimum atomic E-state index is -0.401. The van der Waals surface area contributed by atoms with Crippen molar-refractivity contribution in [2.75, 3.05) is 26.3 Å².